The maximum atomic E-state index is 13.3. The highest BCUT2D eigenvalue weighted by molar-refractivity contribution is 5.98. The monoisotopic (exact) mass is 434 g/mol. The third-order valence-electron chi connectivity index (χ3n) is 6.31. The molecule has 2 saturated heterocycles. The minimum Gasteiger partial charge on any atom is -0.378 e. The number of morpholine rings is 1. The first-order valence-electron chi connectivity index (χ1n) is 11.0. The zero-order valence-electron chi connectivity index (χ0n) is 18.3. The molecular weight excluding hydrogens is 408 g/mol. The van der Waals surface area contributed by atoms with Crippen molar-refractivity contribution in [3.05, 3.63) is 53.4 Å². The number of fused-ring (bicyclic) bond motifs is 1. The lowest BCUT2D eigenvalue weighted by Gasteiger charge is -2.27. The predicted molar refractivity (Wildman–Crippen MR) is 117 cm³/mol. The van der Waals surface area contributed by atoms with Crippen LogP contribution in [0.2, 0.25) is 0 Å². The number of carbonyl (C=O) groups is 2. The number of aryl methyl sites for hydroxylation is 2. The molecule has 0 unspecified atom stereocenters. The van der Waals surface area contributed by atoms with Crippen molar-refractivity contribution in [2.24, 2.45) is 7.05 Å². The summed E-state index contributed by atoms with van der Waals surface area (Å²) in [6.07, 6.45) is 5.04. The molecule has 4 heterocycles. The van der Waals surface area contributed by atoms with Crippen LogP contribution in [0.25, 0.3) is 11.0 Å². The van der Waals surface area contributed by atoms with Gasteiger partial charge in [0.1, 0.15) is 0 Å². The summed E-state index contributed by atoms with van der Waals surface area (Å²) in [6.45, 7) is 4.73. The van der Waals surface area contributed by atoms with Crippen LogP contribution in [0.5, 0.6) is 0 Å². The van der Waals surface area contributed by atoms with E-state index in [-0.39, 0.29) is 17.9 Å². The van der Waals surface area contributed by atoms with Gasteiger partial charge in [-0.1, -0.05) is 0 Å². The van der Waals surface area contributed by atoms with Crippen molar-refractivity contribution >= 4 is 22.8 Å². The van der Waals surface area contributed by atoms with Crippen LogP contribution in [0.1, 0.15) is 51.1 Å². The van der Waals surface area contributed by atoms with E-state index < -0.39 is 0 Å². The van der Waals surface area contributed by atoms with E-state index in [1.54, 1.807) is 17.4 Å². The molecule has 9 heteroatoms. The van der Waals surface area contributed by atoms with Gasteiger partial charge in [0.2, 0.25) is 0 Å². The van der Waals surface area contributed by atoms with Crippen molar-refractivity contribution in [3.8, 4) is 0 Å². The summed E-state index contributed by atoms with van der Waals surface area (Å²) in [6, 6.07) is 5.40. The molecule has 2 aliphatic rings. The number of hydrogen-bond acceptors (Lipinski definition) is 6. The van der Waals surface area contributed by atoms with Gasteiger partial charge in [-0.15, -0.1) is 0 Å². The summed E-state index contributed by atoms with van der Waals surface area (Å²) < 4.78 is 7.26. The Labute approximate surface area is 186 Å². The first-order valence-corrected chi connectivity index (χ1v) is 11.0. The van der Waals surface area contributed by atoms with Crippen molar-refractivity contribution in [1.82, 2.24) is 29.3 Å². The summed E-state index contributed by atoms with van der Waals surface area (Å²) in [4.78, 5) is 43.3. The molecule has 166 valence electrons. The van der Waals surface area contributed by atoms with Crippen LogP contribution in [0.15, 0.2) is 30.7 Å². The molecule has 0 spiro atoms. The summed E-state index contributed by atoms with van der Waals surface area (Å²) in [5.74, 6) is 0.473. The van der Waals surface area contributed by atoms with Gasteiger partial charge in [-0.2, -0.15) is 0 Å². The Morgan fingerprint density at radius 2 is 1.91 bits per heavy atom. The second-order valence-corrected chi connectivity index (χ2v) is 8.35. The molecule has 1 atom stereocenters. The fourth-order valence-electron chi connectivity index (χ4n) is 4.51. The van der Waals surface area contributed by atoms with Crippen molar-refractivity contribution in [2.45, 2.75) is 25.8 Å². The average Bonchev–Trinajstić information content (AvgIpc) is 3.45. The quantitative estimate of drug-likeness (QED) is 0.627. The Morgan fingerprint density at radius 1 is 1.09 bits per heavy atom. The van der Waals surface area contributed by atoms with E-state index in [0.717, 1.165) is 23.9 Å². The molecule has 0 N–H and O–H groups in total. The largest absolute Gasteiger partial charge is 0.378 e. The topological polar surface area (TPSA) is 93.5 Å². The smallest absolute Gasteiger partial charge is 0.257 e. The van der Waals surface area contributed by atoms with E-state index in [1.807, 2.05) is 41.6 Å². The predicted octanol–water partition coefficient (Wildman–Crippen LogP) is 2.12. The minimum absolute atomic E-state index is 0.0465. The average molecular weight is 435 g/mol. The molecule has 0 bridgehead atoms. The Bertz CT molecular complexity index is 1180. The van der Waals surface area contributed by atoms with Gasteiger partial charge in [0.25, 0.3) is 11.8 Å². The number of benzene rings is 1. The van der Waals surface area contributed by atoms with Gasteiger partial charge in [-0.3, -0.25) is 9.59 Å². The van der Waals surface area contributed by atoms with Gasteiger partial charge in [0, 0.05) is 38.4 Å². The number of carbonyl (C=O) groups excluding carboxylic acids is 2. The number of rotatable bonds is 3. The van der Waals surface area contributed by atoms with Crippen LogP contribution in [0.4, 0.5) is 0 Å². The van der Waals surface area contributed by atoms with Gasteiger partial charge >= 0.3 is 0 Å². The molecule has 2 aliphatic heterocycles. The zero-order chi connectivity index (χ0) is 22.2. The van der Waals surface area contributed by atoms with Crippen LogP contribution in [-0.4, -0.2) is 74.0 Å². The van der Waals surface area contributed by atoms with Crippen molar-refractivity contribution in [3.63, 3.8) is 0 Å². The highest BCUT2D eigenvalue weighted by Crippen LogP contribution is 2.32. The van der Waals surface area contributed by atoms with Gasteiger partial charge in [0.15, 0.2) is 5.82 Å². The number of likely N-dealkylation sites (tertiary alicyclic amines) is 1. The van der Waals surface area contributed by atoms with Crippen molar-refractivity contribution < 1.29 is 14.3 Å². The summed E-state index contributed by atoms with van der Waals surface area (Å²) in [7, 11) is 1.93. The minimum atomic E-state index is -0.201. The molecule has 0 radical (unpaired) electrons. The number of hydrogen-bond donors (Lipinski definition) is 0. The van der Waals surface area contributed by atoms with Crippen molar-refractivity contribution in [1.29, 1.82) is 0 Å². The zero-order valence-corrected chi connectivity index (χ0v) is 18.3. The lowest BCUT2D eigenvalue weighted by atomic mass is 10.1. The molecular formula is C23H26N6O3. The summed E-state index contributed by atoms with van der Waals surface area (Å²) >= 11 is 0. The number of amides is 2. The fraction of sp³-hybridized carbons (Fsp3) is 0.435. The molecule has 0 saturated carbocycles. The molecule has 2 fully saturated rings. The number of nitrogens with zero attached hydrogens (tertiary/aromatic N) is 6. The lowest BCUT2D eigenvalue weighted by Crippen LogP contribution is -2.41. The summed E-state index contributed by atoms with van der Waals surface area (Å²) in [5.41, 5.74) is 3.54. The second kappa shape index (κ2) is 8.31. The normalized spacial score (nSPS) is 19.0. The number of ether oxygens (including phenoxy) is 1. The number of aromatic nitrogens is 4. The molecule has 0 aliphatic carbocycles. The standard InChI is InChI=1S/C23H26N6O3/c1-15-17(23(31)28-8-10-32-11-9-28)13-24-21(26-15)20-4-3-7-29(20)22(30)16-5-6-19-18(12-16)25-14-27(19)2/h5-6,12-14,20H,3-4,7-11H2,1-2H3/t20-/m1/s1. The van der Waals surface area contributed by atoms with E-state index in [0.29, 0.717) is 55.5 Å². The number of imidazole rings is 1. The Kier molecular flexibility index (Phi) is 5.34. The Morgan fingerprint density at radius 3 is 2.69 bits per heavy atom. The van der Waals surface area contributed by atoms with E-state index in [4.69, 9.17) is 4.74 Å². The fourth-order valence-corrected chi connectivity index (χ4v) is 4.51. The maximum absolute atomic E-state index is 13.3. The van der Waals surface area contributed by atoms with Gasteiger partial charge in [-0.25, -0.2) is 15.0 Å². The van der Waals surface area contributed by atoms with E-state index >= 15 is 0 Å². The lowest BCUT2D eigenvalue weighted by molar-refractivity contribution is 0.0301. The Hall–Kier alpha value is -3.33. The van der Waals surface area contributed by atoms with Gasteiger partial charge in [-0.05, 0) is 38.0 Å². The highest BCUT2D eigenvalue weighted by Gasteiger charge is 2.33. The molecule has 2 amide bonds. The SMILES string of the molecule is Cc1nc([C@H]2CCCN2C(=O)c2ccc3c(c2)ncn3C)ncc1C(=O)N1CCOCC1. The van der Waals surface area contributed by atoms with Crippen LogP contribution < -0.4 is 0 Å². The van der Waals surface area contributed by atoms with E-state index in [2.05, 4.69) is 15.0 Å². The Balaban J connectivity index is 1.38. The van der Waals surface area contributed by atoms with Gasteiger partial charge < -0.3 is 19.1 Å². The van der Waals surface area contributed by atoms with Crippen LogP contribution in [-0.2, 0) is 11.8 Å². The second-order valence-electron chi connectivity index (χ2n) is 8.35. The van der Waals surface area contributed by atoms with E-state index in [1.165, 1.54) is 0 Å². The summed E-state index contributed by atoms with van der Waals surface area (Å²) in [5, 5.41) is 0. The van der Waals surface area contributed by atoms with Gasteiger partial charge in [0.05, 0.1) is 47.9 Å². The maximum Gasteiger partial charge on any atom is 0.257 e. The molecule has 5 rings (SSSR count). The molecule has 3 aromatic rings. The van der Waals surface area contributed by atoms with Crippen molar-refractivity contribution in [2.75, 3.05) is 32.8 Å². The molecule has 32 heavy (non-hydrogen) atoms. The molecule has 2 aromatic heterocycles. The first-order chi connectivity index (χ1) is 15.5. The van der Waals surface area contributed by atoms with Crippen LogP contribution >= 0.6 is 0 Å². The molecule has 9 nitrogen and oxygen atoms in total. The van der Waals surface area contributed by atoms with Crippen LogP contribution in [0.3, 0.4) is 0 Å². The first kappa shape index (κ1) is 20.6. The molecule has 1 aromatic carbocycles. The van der Waals surface area contributed by atoms with E-state index in [9.17, 15) is 9.59 Å². The highest BCUT2D eigenvalue weighted by atomic mass is 16.5. The third kappa shape index (κ3) is 3.62. The third-order valence-corrected chi connectivity index (χ3v) is 6.31. The van der Waals surface area contributed by atoms with Crippen LogP contribution in [0, 0.1) is 6.92 Å².